The highest BCUT2D eigenvalue weighted by Gasteiger charge is 2.23. The number of fused-ring (bicyclic) bond motifs is 1. The van der Waals surface area contributed by atoms with E-state index in [4.69, 9.17) is 0 Å². The first kappa shape index (κ1) is 14.4. The Kier molecular flexibility index (Phi) is 5.23. The first-order valence-corrected chi connectivity index (χ1v) is 7.53. The van der Waals surface area contributed by atoms with Crippen LogP contribution in [0.25, 0.3) is 0 Å². The molecule has 1 aromatic carbocycles. The second kappa shape index (κ2) is 6.92. The molecule has 0 saturated carbocycles. The van der Waals surface area contributed by atoms with Crippen molar-refractivity contribution < 1.29 is 0 Å². The fourth-order valence-electron chi connectivity index (χ4n) is 2.97. The highest BCUT2D eigenvalue weighted by Crippen LogP contribution is 2.32. The van der Waals surface area contributed by atoms with Crippen molar-refractivity contribution in [1.82, 2.24) is 10.2 Å². The fraction of sp³-hybridized carbons (Fsp3) is 0.625. The summed E-state index contributed by atoms with van der Waals surface area (Å²) in [4.78, 5) is 5.04. The van der Waals surface area contributed by atoms with Crippen molar-refractivity contribution in [1.29, 1.82) is 0 Å². The van der Waals surface area contributed by atoms with Crippen molar-refractivity contribution in [3.63, 3.8) is 0 Å². The number of anilines is 1. The summed E-state index contributed by atoms with van der Waals surface area (Å²) >= 11 is 0. The van der Waals surface area contributed by atoms with E-state index in [0.29, 0.717) is 6.04 Å². The standard InChI is InChI=1S/C16H27N3/c1-4-18(5-2)12-13-19-11-10-15(17-3)14-8-6-7-9-16(14)19/h6-9,15,17H,4-5,10-13H2,1-3H3. The zero-order valence-electron chi connectivity index (χ0n) is 12.5. The summed E-state index contributed by atoms with van der Waals surface area (Å²) in [5, 5.41) is 3.43. The SMILES string of the molecule is CCN(CC)CCN1CCC(NC)c2ccccc21. The third-order valence-corrected chi connectivity index (χ3v) is 4.27. The molecule has 0 aliphatic carbocycles. The highest BCUT2D eigenvalue weighted by molar-refractivity contribution is 5.57. The Morgan fingerprint density at radius 3 is 2.68 bits per heavy atom. The molecule has 1 aliphatic heterocycles. The summed E-state index contributed by atoms with van der Waals surface area (Å²) < 4.78 is 0. The number of likely N-dealkylation sites (N-methyl/N-ethyl adjacent to an activating group) is 1. The second-order valence-electron chi connectivity index (χ2n) is 5.20. The van der Waals surface area contributed by atoms with Crippen molar-refractivity contribution in [2.45, 2.75) is 26.3 Å². The molecule has 0 radical (unpaired) electrons. The molecule has 0 aromatic heterocycles. The Labute approximate surface area is 117 Å². The predicted molar refractivity (Wildman–Crippen MR) is 82.9 cm³/mol. The maximum Gasteiger partial charge on any atom is 0.0415 e. The Morgan fingerprint density at radius 2 is 2.00 bits per heavy atom. The normalized spacial score (nSPS) is 18.7. The van der Waals surface area contributed by atoms with Crippen LogP contribution < -0.4 is 10.2 Å². The Bertz CT molecular complexity index is 387. The molecule has 1 aliphatic rings. The van der Waals surface area contributed by atoms with E-state index >= 15 is 0 Å². The van der Waals surface area contributed by atoms with Gasteiger partial charge in [-0.1, -0.05) is 32.0 Å². The Morgan fingerprint density at radius 1 is 1.26 bits per heavy atom. The van der Waals surface area contributed by atoms with Gasteiger partial charge in [0.1, 0.15) is 0 Å². The summed E-state index contributed by atoms with van der Waals surface area (Å²) in [5.41, 5.74) is 2.87. The molecule has 1 heterocycles. The minimum Gasteiger partial charge on any atom is -0.370 e. The average molecular weight is 261 g/mol. The number of benzene rings is 1. The van der Waals surface area contributed by atoms with E-state index in [2.05, 4.69) is 60.3 Å². The monoisotopic (exact) mass is 261 g/mol. The van der Waals surface area contributed by atoms with Gasteiger partial charge in [0, 0.05) is 31.4 Å². The van der Waals surface area contributed by atoms with Crippen LogP contribution in [-0.2, 0) is 0 Å². The van der Waals surface area contributed by atoms with E-state index < -0.39 is 0 Å². The lowest BCUT2D eigenvalue weighted by molar-refractivity contribution is 0.307. The maximum atomic E-state index is 3.43. The first-order chi connectivity index (χ1) is 9.30. The molecule has 1 N–H and O–H groups in total. The van der Waals surface area contributed by atoms with Crippen molar-refractivity contribution in [2.75, 3.05) is 44.7 Å². The third-order valence-electron chi connectivity index (χ3n) is 4.27. The summed E-state index contributed by atoms with van der Waals surface area (Å²) in [6.07, 6.45) is 1.20. The molecular weight excluding hydrogens is 234 g/mol. The van der Waals surface area contributed by atoms with E-state index in [0.717, 1.165) is 32.7 Å². The van der Waals surface area contributed by atoms with E-state index in [1.807, 2.05) is 0 Å². The van der Waals surface area contributed by atoms with Crippen molar-refractivity contribution >= 4 is 5.69 Å². The molecule has 106 valence electrons. The van der Waals surface area contributed by atoms with Crippen molar-refractivity contribution in [2.24, 2.45) is 0 Å². The van der Waals surface area contributed by atoms with Crippen LogP contribution in [0.1, 0.15) is 31.9 Å². The van der Waals surface area contributed by atoms with Gasteiger partial charge in [-0.25, -0.2) is 0 Å². The van der Waals surface area contributed by atoms with Crippen LogP contribution in [0.4, 0.5) is 5.69 Å². The quantitative estimate of drug-likeness (QED) is 0.849. The van der Waals surface area contributed by atoms with Gasteiger partial charge >= 0.3 is 0 Å². The van der Waals surface area contributed by atoms with E-state index in [9.17, 15) is 0 Å². The number of nitrogens with one attached hydrogen (secondary N) is 1. The predicted octanol–water partition coefficient (Wildman–Crippen LogP) is 2.50. The third kappa shape index (κ3) is 3.28. The van der Waals surface area contributed by atoms with Crippen LogP contribution in [0.2, 0.25) is 0 Å². The molecule has 1 atom stereocenters. The van der Waals surface area contributed by atoms with Gasteiger partial charge in [-0.15, -0.1) is 0 Å². The molecule has 1 unspecified atom stereocenters. The minimum absolute atomic E-state index is 0.515. The largest absolute Gasteiger partial charge is 0.370 e. The summed E-state index contributed by atoms with van der Waals surface area (Å²) in [7, 11) is 2.06. The molecule has 0 saturated heterocycles. The molecule has 3 nitrogen and oxygen atoms in total. The van der Waals surface area contributed by atoms with Crippen LogP contribution in [0.3, 0.4) is 0 Å². The van der Waals surface area contributed by atoms with Crippen LogP contribution in [-0.4, -0.2) is 44.7 Å². The fourth-order valence-corrected chi connectivity index (χ4v) is 2.97. The molecular formula is C16H27N3. The lowest BCUT2D eigenvalue weighted by atomic mass is 9.96. The number of rotatable bonds is 6. The summed E-state index contributed by atoms with van der Waals surface area (Å²) in [6, 6.07) is 9.35. The van der Waals surface area contributed by atoms with Crippen LogP contribution in [0.15, 0.2) is 24.3 Å². The number of nitrogens with zero attached hydrogens (tertiary/aromatic N) is 2. The van der Waals surface area contributed by atoms with Gasteiger partial charge in [-0.05, 0) is 38.2 Å². The van der Waals surface area contributed by atoms with Gasteiger partial charge in [0.2, 0.25) is 0 Å². The lowest BCUT2D eigenvalue weighted by Gasteiger charge is -2.36. The van der Waals surface area contributed by atoms with Crippen LogP contribution >= 0.6 is 0 Å². The number of hydrogen-bond acceptors (Lipinski definition) is 3. The van der Waals surface area contributed by atoms with Crippen LogP contribution in [0, 0.1) is 0 Å². The van der Waals surface area contributed by atoms with Gasteiger partial charge < -0.3 is 15.1 Å². The maximum absolute atomic E-state index is 3.43. The highest BCUT2D eigenvalue weighted by atomic mass is 15.2. The van der Waals surface area contributed by atoms with Crippen molar-refractivity contribution in [3.8, 4) is 0 Å². The molecule has 0 bridgehead atoms. The number of para-hydroxylation sites is 1. The van der Waals surface area contributed by atoms with Gasteiger partial charge in [0.25, 0.3) is 0 Å². The average Bonchev–Trinajstić information content (AvgIpc) is 2.48. The molecule has 0 fully saturated rings. The van der Waals surface area contributed by atoms with E-state index in [1.165, 1.54) is 17.7 Å². The smallest absolute Gasteiger partial charge is 0.0415 e. The molecule has 0 amide bonds. The van der Waals surface area contributed by atoms with E-state index in [1.54, 1.807) is 0 Å². The molecule has 2 rings (SSSR count). The molecule has 3 heteroatoms. The lowest BCUT2D eigenvalue weighted by Crippen LogP contribution is -2.40. The van der Waals surface area contributed by atoms with Gasteiger partial charge in [0.15, 0.2) is 0 Å². The number of hydrogen-bond donors (Lipinski definition) is 1. The van der Waals surface area contributed by atoms with Crippen LogP contribution in [0.5, 0.6) is 0 Å². The molecule has 19 heavy (non-hydrogen) atoms. The summed E-state index contributed by atoms with van der Waals surface area (Å²) in [6.45, 7) is 10.2. The molecule has 0 spiro atoms. The zero-order chi connectivity index (χ0) is 13.7. The minimum atomic E-state index is 0.515. The van der Waals surface area contributed by atoms with E-state index in [-0.39, 0.29) is 0 Å². The van der Waals surface area contributed by atoms with Gasteiger partial charge in [-0.3, -0.25) is 0 Å². The Hall–Kier alpha value is -1.06. The topological polar surface area (TPSA) is 18.5 Å². The van der Waals surface area contributed by atoms with Crippen molar-refractivity contribution in [3.05, 3.63) is 29.8 Å². The summed E-state index contributed by atoms with van der Waals surface area (Å²) in [5.74, 6) is 0. The second-order valence-corrected chi connectivity index (χ2v) is 5.20. The zero-order valence-corrected chi connectivity index (χ0v) is 12.5. The molecule has 1 aromatic rings. The van der Waals surface area contributed by atoms with Gasteiger partial charge in [-0.2, -0.15) is 0 Å². The Balaban J connectivity index is 2.07. The van der Waals surface area contributed by atoms with Gasteiger partial charge in [0.05, 0.1) is 0 Å². The first-order valence-electron chi connectivity index (χ1n) is 7.53.